The molecule has 0 bridgehead atoms. The minimum absolute atomic E-state index is 1.01. The summed E-state index contributed by atoms with van der Waals surface area (Å²) < 4.78 is 0. The second-order valence-corrected chi connectivity index (χ2v) is 2.96. The molecule has 11 heavy (non-hydrogen) atoms. The summed E-state index contributed by atoms with van der Waals surface area (Å²) in [6.07, 6.45) is 5.61. The van der Waals surface area contributed by atoms with Crippen molar-refractivity contribution in [2.24, 2.45) is 11.7 Å². The van der Waals surface area contributed by atoms with Gasteiger partial charge in [-0.2, -0.15) is 0 Å². The molecule has 1 atom stereocenters. The Kier molecular flexibility index (Phi) is 7.96. The highest BCUT2D eigenvalue weighted by atomic mass is 14.8. The van der Waals surface area contributed by atoms with Crippen molar-refractivity contribution in [3.8, 4) is 0 Å². The fourth-order valence-corrected chi connectivity index (χ4v) is 1.50. The lowest BCUT2D eigenvalue weighted by Crippen LogP contribution is -2.13. The van der Waals surface area contributed by atoms with E-state index in [-0.39, 0.29) is 0 Å². The van der Waals surface area contributed by atoms with Crippen LogP contribution in [0, 0.1) is 5.92 Å². The van der Waals surface area contributed by atoms with E-state index in [2.05, 4.69) is 18.0 Å². The average Bonchev–Trinajstić information content (AvgIpc) is 2.35. The van der Waals surface area contributed by atoms with E-state index in [1.165, 1.54) is 45.8 Å². The minimum atomic E-state index is 1.01. The number of nitrogens with one attached hydrogen (secondary N) is 1. The second kappa shape index (κ2) is 8.02. The van der Waals surface area contributed by atoms with Gasteiger partial charge in [0.25, 0.3) is 0 Å². The first-order valence-electron chi connectivity index (χ1n) is 4.72. The smallest absolute Gasteiger partial charge is 0.00463 e. The molecular formula is C9H22N2. The van der Waals surface area contributed by atoms with Gasteiger partial charge >= 0.3 is 0 Å². The van der Waals surface area contributed by atoms with Gasteiger partial charge in [0.1, 0.15) is 0 Å². The van der Waals surface area contributed by atoms with Gasteiger partial charge in [0.05, 0.1) is 0 Å². The fourth-order valence-electron chi connectivity index (χ4n) is 1.50. The lowest BCUT2D eigenvalue weighted by atomic mass is 9.98. The first-order valence-corrected chi connectivity index (χ1v) is 4.72. The number of hydrogen-bond donors (Lipinski definition) is 2. The molecule has 2 nitrogen and oxygen atoms in total. The van der Waals surface area contributed by atoms with Gasteiger partial charge < -0.3 is 11.1 Å². The van der Waals surface area contributed by atoms with Gasteiger partial charge in [0.15, 0.2) is 0 Å². The van der Waals surface area contributed by atoms with Crippen LogP contribution in [0.1, 0.15) is 32.6 Å². The molecule has 1 rings (SSSR count). The van der Waals surface area contributed by atoms with Gasteiger partial charge in [-0.05, 0) is 45.3 Å². The molecule has 0 spiro atoms. The molecule has 1 fully saturated rings. The second-order valence-electron chi connectivity index (χ2n) is 2.96. The molecule has 0 saturated carbocycles. The minimum Gasteiger partial charge on any atom is -0.333 e. The van der Waals surface area contributed by atoms with Crippen LogP contribution in [-0.2, 0) is 0 Å². The molecule has 0 aromatic carbocycles. The zero-order valence-corrected chi connectivity index (χ0v) is 7.90. The van der Waals surface area contributed by atoms with Crippen molar-refractivity contribution >= 4 is 0 Å². The Hall–Kier alpha value is -0.0800. The van der Waals surface area contributed by atoms with Crippen molar-refractivity contribution in [3.63, 3.8) is 0 Å². The van der Waals surface area contributed by atoms with Crippen LogP contribution in [0.4, 0.5) is 0 Å². The lowest BCUT2D eigenvalue weighted by Gasteiger charge is -2.08. The number of nitrogens with two attached hydrogens (primary N) is 1. The number of rotatable bonds is 1. The van der Waals surface area contributed by atoms with E-state index in [1.807, 2.05) is 0 Å². The third-order valence-electron chi connectivity index (χ3n) is 2.27. The highest BCUT2D eigenvalue weighted by Crippen LogP contribution is 2.15. The Morgan fingerprint density at radius 2 is 2.00 bits per heavy atom. The van der Waals surface area contributed by atoms with E-state index in [0.717, 1.165) is 5.92 Å². The van der Waals surface area contributed by atoms with Crippen LogP contribution >= 0.6 is 0 Å². The molecule has 1 saturated heterocycles. The van der Waals surface area contributed by atoms with Crippen molar-refractivity contribution in [3.05, 3.63) is 0 Å². The van der Waals surface area contributed by atoms with E-state index < -0.39 is 0 Å². The van der Waals surface area contributed by atoms with E-state index >= 15 is 0 Å². The Morgan fingerprint density at radius 1 is 1.27 bits per heavy atom. The van der Waals surface area contributed by atoms with Gasteiger partial charge in [0, 0.05) is 0 Å². The Morgan fingerprint density at radius 3 is 2.64 bits per heavy atom. The van der Waals surface area contributed by atoms with E-state index in [1.54, 1.807) is 0 Å². The zero-order chi connectivity index (χ0) is 8.53. The van der Waals surface area contributed by atoms with Crippen molar-refractivity contribution in [2.75, 3.05) is 20.1 Å². The summed E-state index contributed by atoms with van der Waals surface area (Å²) in [5.41, 5.74) is 4.50. The molecule has 0 aromatic heterocycles. The molecule has 0 amide bonds. The molecule has 1 aliphatic rings. The topological polar surface area (TPSA) is 38.0 Å². The SMILES string of the molecule is CCC1CCCNCC1.CN. The van der Waals surface area contributed by atoms with Crippen LogP contribution in [0.2, 0.25) is 0 Å². The quantitative estimate of drug-likeness (QED) is 0.604. The maximum atomic E-state index is 4.50. The molecule has 0 aliphatic carbocycles. The summed E-state index contributed by atoms with van der Waals surface area (Å²) in [6.45, 7) is 4.80. The highest BCUT2D eigenvalue weighted by Gasteiger charge is 2.07. The molecule has 1 aliphatic heterocycles. The predicted octanol–water partition coefficient (Wildman–Crippen LogP) is 1.36. The Bertz CT molecular complexity index is 66.0. The van der Waals surface area contributed by atoms with Crippen molar-refractivity contribution in [2.45, 2.75) is 32.6 Å². The summed E-state index contributed by atoms with van der Waals surface area (Å²) in [7, 11) is 1.50. The van der Waals surface area contributed by atoms with Gasteiger partial charge in [-0.15, -0.1) is 0 Å². The first-order chi connectivity index (χ1) is 5.43. The fraction of sp³-hybridized carbons (Fsp3) is 1.00. The van der Waals surface area contributed by atoms with Crippen LogP contribution < -0.4 is 11.1 Å². The standard InChI is InChI=1S/C8H17N.CH5N/c1-2-8-4-3-6-9-7-5-8;1-2/h8-9H,2-7H2,1H3;2H2,1H3. The average molecular weight is 158 g/mol. The maximum Gasteiger partial charge on any atom is -0.00463 e. The molecular weight excluding hydrogens is 136 g/mol. The largest absolute Gasteiger partial charge is 0.333 e. The molecule has 1 unspecified atom stereocenters. The molecule has 0 aromatic rings. The summed E-state index contributed by atoms with van der Waals surface area (Å²) in [5, 5.41) is 3.41. The Labute approximate surface area is 70.5 Å². The summed E-state index contributed by atoms with van der Waals surface area (Å²) in [4.78, 5) is 0. The van der Waals surface area contributed by atoms with Gasteiger partial charge in [0.2, 0.25) is 0 Å². The van der Waals surface area contributed by atoms with Crippen molar-refractivity contribution in [1.82, 2.24) is 5.32 Å². The molecule has 2 heteroatoms. The summed E-state index contributed by atoms with van der Waals surface area (Å²) in [5.74, 6) is 1.01. The summed E-state index contributed by atoms with van der Waals surface area (Å²) in [6, 6.07) is 0. The molecule has 3 N–H and O–H groups in total. The monoisotopic (exact) mass is 158 g/mol. The lowest BCUT2D eigenvalue weighted by molar-refractivity contribution is 0.458. The van der Waals surface area contributed by atoms with Gasteiger partial charge in [-0.25, -0.2) is 0 Å². The van der Waals surface area contributed by atoms with E-state index in [0.29, 0.717) is 0 Å². The van der Waals surface area contributed by atoms with Crippen LogP contribution in [-0.4, -0.2) is 20.1 Å². The van der Waals surface area contributed by atoms with E-state index in [9.17, 15) is 0 Å². The van der Waals surface area contributed by atoms with Crippen molar-refractivity contribution < 1.29 is 0 Å². The molecule has 1 heterocycles. The van der Waals surface area contributed by atoms with Gasteiger partial charge in [-0.1, -0.05) is 13.3 Å². The maximum absolute atomic E-state index is 4.50. The normalized spacial score (nSPS) is 24.8. The number of hydrogen-bond acceptors (Lipinski definition) is 2. The van der Waals surface area contributed by atoms with Gasteiger partial charge in [-0.3, -0.25) is 0 Å². The third kappa shape index (κ3) is 5.22. The van der Waals surface area contributed by atoms with E-state index in [4.69, 9.17) is 0 Å². The van der Waals surface area contributed by atoms with Crippen LogP contribution in [0.3, 0.4) is 0 Å². The van der Waals surface area contributed by atoms with Crippen LogP contribution in [0.15, 0.2) is 0 Å². The van der Waals surface area contributed by atoms with Crippen molar-refractivity contribution in [1.29, 1.82) is 0 Å². The zero-order valence-electron chi connectivity index (χ0n) is 7.90. The predicted molar refractivity (Wildman–Crippen MR) is 50.6 cm³/mol. The molecule has 0 radical (unpaired) electrons. The summed E-state index contributed by atoms with van der Waals surface area (Å²) >= 11 is 0. The first kappa shape index (κ1) is 10.9. The van der Waals surface area contributed by atoms with Crippen LogP contribution in [0.5, 0.6) is 0 Å². The van der Waals surface area contributed by atoms with Crippen LogP contribution in [0.25, 0.3) is 0 Å². The molecule has 68 valence electrons. The highest BCUT2D eigenvalue weighted by molar-refractivity contribution is 4.64. The Balaban J connectivity index is 0.000000461. The third-order valence-corrected chi connectivity index (χ3v) is 2.27.